The lowest BCUT2D eigenvalue weighted by atomic mass is 10.2. The first-order valence-corrected chi connectivity index (χ1v) is 9.21. The summed E-state index contributed by atoms with van der Waals surface area (Å²) in [4.78, 5) is 35.9. The molecule has 2 amide bonds. The molecular formula is C16H13Br2N7O2. The van der Waals surface area contributed by atoms with Crippen molar-refractivity contribution in [1.29, 1.82) is 0 Å². The first-order chi connectivity index (χ1) is 12.8. The minimum absolute atomic E-state index is 0.0575. The number of benzene rings is 1. The van der Waals surface area contributed by atoms with E-state index in [1.54, 1.807) is 19.1 Å². The predicted octanol–water partition coefficient (Wildman–Crippen LogP) is 1.92. The van der Waals surface area contributed by atoms with Crippen LogP contribution in [-0.4, -0.2) is 36.5 Å². The fraction of sp³-hybridized carbons (Fsp3) is 0.125. The lowest BCUT2D eigenvalue weighted by molar-refractivity contribution is 0.0948. The van der Waals surface area contributed by atoms with Crippen LogP contribution in [0, 0.1) is 6.92 Å². The van der Waals surface area contributed by atoms with E-state index in [1.807, 2.05) is 6.07 Å². The van der Waals surface area contributed by atoms with Crippen molar-refractivity contribution in [2.24, 2.45) is 5.73 Å². The summed E-state index contributed by atoms with van der Waals surface area (Å²) in [7, 11) is 0. The van der Waals surface area contributed by atoms with Crippen molar-refractivity contribution in [3.8, 4) is 5.82 Å². The van der Waals surface area contributed by atoms with Crippen LogP contribution in [-0.2, 0) is 6.54 Å². The van der Waals surface area contributed by atoms with E-state index >= 15 is 0 Å². The van der Waals surface area contributed by atoms with Gasteiger partial charge < -0.3 is 11.1 Å². The number of primary amides is 1. The number of aryl methyl sites for hydroxylation is 1. The summed E-state index contributed by atoms with van der Waals surface area (Å²) < 4.78 is 2.99. The highest BCUT2D eigenvalue weighted by Gasteiger charge is 2.15. The average molecular weight is 495 g/mol. The molecule has 27 heavy (non-hydrogen) atoms. The van der Waals surface area contributed by atoms with Crippen LogP contribution in [0.25, 0.3) is 5.82 Å². The molecule has 138 valence electrons. The van der Waals surface area contributed by atoms with E-state index in [0.29, 0.717) is 23.0 Å². The zero-order valence-electron chi connectivity index (χ0n) is 14.0. The molecular weight excluding hydrogens is 482 g/mol. The van der Waals surface area contributed by atoms with E-state index in [0.717, 1.165) is 8.95 Å². The second kappa shape index (κ2) is 7.92. The lowest BCUT2D eigenvalue weighted by Gasteiger charge is -2.08. The fourth-order valence-electron chi connectivity index (χ4n) is 2.30. The van der Waals surface area contributed by atoms with Crippen LogP contribution in [0.2, 0.25) is 0 Å². The van der Waals surface area contributed by atoms with Crippen LogP contribution in [0.1, 0.15) is 32.5 Å². The van der Waals surface area contributed by atoms with E-state index in [2.05, 4.69) is 57.2 Å². The van der Waals surface area contributed by atoms with Gasteiger partial charge in [0.15, 0.2) is 11.6 Å². The molecule has 1 aromatic carbocycles. The number of nitrogens with two attached hydrogens (primary N) is 1. The Morgan fingerprint density at radius 3 is 2.52 bits per heavy atom. The van der Waals surface area contributed by atoms with Crippen molar-refractivity contribution in [1.82, 2.24) is 30.0 Å². The van der Waals surface area contributed by atoms with Crippen molar-refractivity contribution < 1.29 is 9.59 Å². The van der Waals surface area contributed by atoms with E-state index in [-0.39, 0.29) is 18.1 Å². The molecule has 0 saturated carbocycles. The summed E-state index contributed by atoms with van der Waals surface area (Å²) in [6, 6.07) is 6.66. The van der Waals surface area contributed by atoms with Gasteiger partial charge in [0, 0.05) is 20.6 Å². The van der Waals surface area contributed by atoms with Crippen LogP contribution in [0.15, 0.2) is 39.5 Å². The molecule has 0 aliphatic heterocycles. The SMILES string of the molecule is Cc1nc(CNC(=O)c2cc(Br)cc(Br)c2)n(-c2cc(C(N)=O)ncn2)n1. The average Bonchev–Trinajstić information content (AvgIpc) is 2.99. The molecule has 3 aromatic rings. The maximum Gasteiger partial charge on any atom is 0.267 e. The Labute approximate surface area is 170 Å². The minimum Gasteiger partial charge on any atom is -0.364 e. The number of nitrogens with one attached hydrogen (secondary N) is 1. The van der Waals surface area contributed by atoms with E-state index < -0.39 is 5.91 Å². The molecule has 2 heterocycles. The van der Waals surface area contributed by atoms with Gasteiger partial charge >= 0.3 is 0 Å². The molecule has 0 spiro atoms. The number of hydrogen-bond donors (Lipinski definition) is 2. The number of aromatic nitrogens is 5. The summed E-state index contributed by atoms with van der Waals surface area (Å²) in [5.41, 5.74) is 5.79. The number of carbonyl (C=O) groups is 2. The second-order valence-electron chi connectivity index (χ2n) is 5.45. The third-order valence-electron chi connectivity index (χ3n) is 3.43. The van der Waals surface area contributed by atoms with Crippen molar-refractivity contribution in [3.63, 3.8) is 0 Å². The molecule has 0 saturated heterocycles. The molecule has 0 aliphatic carbocycles. The smallest absolute Gasteiger partial charge is 0.267 e. The molecule has 9 nitrogen and oxygen atoms in total. The fourth-order valence-corrected chi connectivity index (χ4v) is 3.59. The van der Waals surface area contributed by atoms with Gasteiger partial charge in [-0.2, -0.15) is 4.68 Å². The van der Waals surface area contributed by atoms with Gasteiger partial charge in [0.25, 0.3) is 11.8 Å². The maximum atomic E-state index is 12.4. The molecule has 0 atom stereocenters. The number of amides is 2. The highest BCUT2D eigenvalue weighted by molar-refractivity contribution is 9.11. The quantitative estimate of drug-likeness (QED) is 0.557. The first-order valence-electron chi connectivity index (χ1n) is 7.62. The molecule has 0 unspecified atom stereocenters. The maximum absolute atomic E-state index is 12.4. The molecule has 0 bridgehead atoms. The molecule has 0 aliphatic rings. The Hall–Kier alpha value is -2.66. The van der Waals surface area contributed by atoms with Crippen LogP contribution >= 0.6 is 31.9 Å². The third kappa shape index (κ3) is 4.55. The normalized spacial score (nSPS) is 10.6. The highest BCUT2D eigenvalue weighted by Crippen LogP contribution is 2.20. The van der Waals surface area contributed by atoms with Crippen LogP contribution in [0.4, 0.5) is 0 Å². The van der Waals surface area contributed by atoms with Crippen molar-refractivity contribution in [3.05, 3.63) is 62.4 Å². The molecule has 0 fully saturated rings. The Kier molecular flexibility index (Phi) is 5.61. The van der Waals surface area contributed by atoms with Crippen molar-refractivity contribution >= 4 is 43.7 Å². The standard InChI is InChI=1S/C16H13Br2N7O2/c1-8-23-14(6-20-16(27)9-2-10(17)4-11(18)3-9)25(24-8)13-5-12(15(19)26)21-7-22-13/h2-5,7H,6H2,1H3,(H2,19,26)(H,20,27). The molecule has 0 radical (unpaired) electrons. The van der Waals surface area contributed by atoms with Gasteiger partial charge in [0.05, 0.1) is 6.54 Å². The van der Waals surface area contributed by atoms with E-state index in [9.17, 15) is 9.59 Å². The van der Waals surface area contributed by atoms with E-state index in [4.69, 9.17) is 5.73 Å². The first kappa shape index (κ1) is 19.1. The highest BCUT2D eigenvalue weighted by atomic mass is 79.9. The molecule has 3 N–H and O–H groups in total. The van der Waals surface area contributed by atoms with Crippen LogP contribution in [0.5, 0.6) is 0 Å². The van der Waals surface area contributed by atoms with Gasteiger partial charge in [-0.25, -0.2) is 15.0 Å². The summed E-state index contributed by atoms with van der Waals surface area (Å²) >= 11 is 6.71. The Morgan fingerprint density at radius 1 is 1.15 bits per heavy atom. The zero-order valence-corrected chi connectivity index (χ0v) is 17.2. The van der Waals surface area contributed by atoms with Gasteiger partial charge in [-0.15, -0.1) is 5.10 Å². The van der Waals surface area contributed by atoms with Gasteiger partial charge in [0.2, 0.25) is 0 Å². The lowest BCUT2D eigenvalue weighted by Crippen LogP contribution is -2.25. The topological polar surface area (TPSA) is 129 Å². The number of halogens is 2. The third-order valence-corrected chi connectivity index (χ3v) is 4.35. The largest absolute Gasteiger partial charge is 0.364 e. The summed E-state index contributed by atoms with van der Waals surface area (Å²) in [6.45, 7) is 1.82. The summed E-state index contributed by atoms with van der Waals surface area (Å²) in [5.74, 6) is 0.317. The van der Waals surface area contributed by atoms with Crippen molar-refractivity contribution in [2.75, 3.05) is 0 Å². The van der Waals surface area contributed by atoms with Gasteiger partial charge in [-0.1, -0.05) is 31.9 Å². The van der Waals surface area contributed by atoms with Gasteiger partial charge in [-0.3, -0.25) is 9.59 Å². The number of hydrogen-bond acceptors (Lipinski definition) is 6. The Morgan fingerprint density at radius 2 is 1.85 bits per heavy atom. The summed E-state index contributed by atoms with van der Waals surface area (Å²) in [6.07, 6.45) is 1.22. The number of nitrogens with zero attached hydrogens (tertiary/aromatic N) is 5. The summed E-state index contributed by atoms with van der Waals surface area (Å²) in [5, 5.41) is 7.05. The zero-order chi connectivity index (χ0) is 19.6. The van der Waals surface area contributed by atoms with Gasteiger partial charge in [-0.05, 0) is 25.1 Å². The van der Waals surface area contributed by atoms with Crippen molar-refractivity contribution in [2.45, 2.75) is 13.5 Å². The van der Waals surface area contributed by atoms with Crippen LogP contribution < -0.4 is 11.1 Å². The minimum atomic E-state index is -0.675. The Balaban J connectivity index is 1.83. The second-order valence-corrected chi connectivity index (χ2v) is 7.28. The monoisotopic (exact) mass is 493 g/mol. The van der Waals surface area contributed by atoms with Crippen LogP contribution in [0.3, 0.4) is 0 Å². The molecule has 2 aromatic heterocycles. The number of rotatable bonds is 5. The van der Waals surface area contributed by atoms with E-state index in [1.165, 1.54) is 17.1 Å². The van der Waals surface area contributed by atoms with Gasteiger partial charge in [0.1, 0.15) is 17.8 Å². The molecule has 11 heteroatoms. The molecule has 3 rings (SSSR count). The Bertz CT molecular complexity index is 1020. The predicted molar refractivity (Wildman–Crippen MR) is 103 cm³/mol. The number of carbonyl (C=O) groups excluding carboxylic acids is 2.